The lowest BCUT2D eigenvalue weighted by molar-refractivity contribution is 0.367. The lowest BCUT2D eigenvalue weighted by Gasteiger charge is -2.22. The summed E-state index contributed by atoms with van der Waals surface area (Å²) >= 11 is 0. The lowest BCUT2D eigenvalue weighted by Crippen LogP contribution is -2.29. The molecule has 0 atom stereocenters. The lowest BCUT2D eigenvalue weighted by atomic mass is 10.1. The van der Waals surface area contributed by atoms with E-state index in [1.807, 2.05) is 0 Å². The van der Waals surface area contributed by atoms with Gasteiger partial charge in [0.2, 0.25) is 0 Å². The molecule has 1 N–H and O–H groups in total. The third-order valence-corrected chi connectivity index (χ3v) is 2.65. The number of anilines is 1. The van der Waals surface area contributed by atoms with E-state index < -0.39 is 0 Å². The number of benzene rings is 1. The second-order valence-electron chi connectivity index (χ2n) is 3.53. The molecule has 0 unspecified atom stereocenters. The predicted octanol–water partition coefficient (Wildman–Crippen LogP) is 2.97. The van der Waals surface area contributed by atoms with Gasteiger partial charge < -0.3 is 5.43 Å². The van der Waals surface area contributed by atoms with E-state index in [0.717, 1.165) is 13.1 Å². The fourth-order valence-electron chi connectivity index (χ4n) is 1.42. The van der Waals surface area contributed by atoms with Gasteiger partial charge in [0.25, 0.3) is 0 Å². The van der Waals surface area contributed by atoms with Gasteiger partial charge in [-0.25, -0.2) is 5.01 Å². The highest BCUT2D eigenvalue weighted by atomic mass is 15.5. The highest BCUT2D eigenvalue weighted by Crippen LogP contribution is 2.18. The van der Waals surface area contributed by atoms with Crippen LogP contribution < -0.4 is 5.43 Å². The Kier molecular flexibility index (Phi) is 3.96. The molecule has 0 fully saturated rings. The molecular weight excluding hydrogens is 172 g/mol. The Hall–Kier alpha value is -1.02. The van der Waals surface area contributed by atoms with E-state index in [1.54, 1.807) is 0 Å². The van der Waals surface area contributed by atoms with Crippen LogP contribution in [0.2, 0.25) is 0 Å². The van der Waals surface area contributed by atoms with Crippen LogP contribution in [-0.2, 0) is 0 Å². The predicted molar refractivity (Wildman–Crippen MR) is 62.5 cm³/mol. The van der Waals surface area contributed by atoms with Crippen molar-refractivity contribution in [2.45, 2.75) is 27.7 Å². The zero-order chi connectivity index (χ0) is 10.6. The molecule has 0 aliphatic carbocycles. The smallest absolute Gasteiger partial charge is 0.0521 e. The van der Waals surface area contributed by atoms with Crippen molar-refractivity contribution in [3.05, 3.63) is 29.3 Å². The monoisotopic (exact) mass is 192 g/mol. The fourth-order valence-corrected chi connectivity index (χ4v) is 1.42. The molecule has 0 saturated carbocycles. The minimum absolute atomic E-state index is 1.02. The molecule has 0 heterocycles. The van der Waals surface area contributed by atoms with Gasteiger partial charge >= 0.3 is 0 Å². The third-order valence-electron chi connectivity index (χ3n) is 2.65. The van der Waals surface area contributed by atoms with Gasteiger partial charge in [-0.1, -0.05) is 26.0 Å². The number of nitrogens with zero attached hydrogens (tertiary/aromatic N) is 1. The van der Waals surface area contributed by atoms with Crippen molar-refractivity contribution in [3.63, 3.8) is 0 Å². The Morgan fingerprint density at radius 1 is 1.14 bits per heavy atom. The summed E-state index contributed by atoms with van der Waals surface area (Å²) in [5.74, 6) is 0. The average molecular weight is 192 g/mol. The van der Waals surface area contributed by atoms with E-state index in [-0.39, 0.29) is 0 Å². The van der Waals surface area contributed by atoms with Crippen LogP contribution in [0.5, 0.6) is 0 Å². The third kappa shape index (κ3) is 2.48. The zero-order valence-corrected chi connectivity index (χ0v) is 9.59. The maximum Gasteiger partial charge on any atom is 0.0521 e. The second kappa shape index (κ2) is 5.01. The fraction of sp³-hybridized carbons (Fsp3) is 0.500. The van der Waals surface area contributed by atoms with Gasteiger partial charge in [0.1, 0.15) is 0 Å². The van der Waals surface area contributed by atoms with E-state index in [0.29, 0.717) is 0 Å². The van der Waals surface area contributed by atoms with Crippen molar-refractivity contribution in [2.24, 2.45) is 0 Å². The standard InChI is InChI=1S/C12H20N2/c1-5-14(6-2)13-12-9-7-8-10(3)11(12)4/h7-9,13H,5-6H2,1-4H3. The minimum Gasteiger partial charge on any atom is -0.319 e. The highest BCUT2D eigenvalue weighted by molar-refractivity contribution is 5.52. The first-order valence-electron chi connectivity index (χ1n) is 5.26. The van der Waals surface area contributed by atoms with Gasteiger partial charge in [-0.05, 0) is 31.0 Å². The minimum atomic E-state index is 1.02. The van der Waals surface area contributed by atoms with E-state index >= 15 is 0 Å². The van der Waals surface area contributed by atoms with Crippen molar-refractivity contribution in [1.82, 2.24) is 5.01 Å². The van der Waals surface area contributed by atoms with E-state index in [4.69, 9.17) is 0 Å². The van der Waals surface area contributed by atoms with Crippen molar-refractivity contribution in [2.75, 3.05) is 18.5 Å². The molecule has 14 heavy (non-hydrogen) atoms. The molecule has 2 nitrogen and oxygen atoms in total. The molecule has 0 aromatic heterocycles. The van der Waals surface area contributed by atoms with Crippen LogP contribution in [0.25, 0.3) is 0 Å². The Bertz CT molecular complexity index is 290. The number of hydrogen-bond donors (Lipinski definition) is 1. The van der Waals surface area contributed by atoms with Gasteiger partial charge in [0, 0.05) is 13.1 Å². The first-order chi connectivity index (χ1) is 6.69. The van der Waals surface area contributed by atoms with Gasteiger partial charge in [-0.2, -0.15) is 0 Å². The van der Waals surface area contributed by atoms with Gasteiger partial charge in [-0.15, -0.1) is 0 Å². The number of hydrazine groups is 1. The molecule has 0 amide bonds. The summed E-state index contributed by atoms with van der Waals surface area (Å²) in [5.41, 5.74) is 7.31. The SMILES string of the molecule is CCN(CC)Nc1cccc(C)c1C. The second-order valence-corrected chi connectivity index (χ2v) is 3.53. The molecule has 2 heteroatoms. The molecule has 1 aromatic carbocycles. The van der Waals surface area contributed by atoms with Gasteiger partial charge in [-0.3, -0.25) is 0 Å². The molecule has 0 spiro atoms. The van der Waals surface area contributed by atoms with Crippen molar-refractivity contribution < 1.29 is 0 Å². The number of nitrogens with one attached hydrogen (secondary N) is 1. The molecule has 1 rings (SSSR count). The summed E-state index contributed by atoms with van der Waals surface area (Å²) in [4.78, 5) is 0. The first-order valence-corrected chi connectivity index (χ1v) is 5.26. The summed E-state index contributed by atoms with van der Waals surface area (Å²) in [7, 11) is 0. The number of aryl methyl sites for hydroxylation is 1. The van der Waals surface area contributed by atoms with Crippen LogP contribution in [-0.4, -0.2) is 18.1 Å². The van der Waals surface area contributed by atoms with E-state index in [2.05, 4.69) is 56.3 Å². The van der Waals surface area contributed by atoms with E-state index in [9.17, 15) is 0 Å². The van der Waals surface area contributed by atoms with Crippen LogP contribution in [0.3, 0.4) is 0 Å². The summed E-state index contributed by atoms with van der Waals surface area (Å²) in [5, 5.41) is 2.20. The summed E-state index contributed by atoms with van der Waals surface area (Å²) in [6, 6.07) is 6.36. The Balaban J connectivity index is 2.80. The number of rotatable bonds is 4. The van der Waals surface area contributed by atoms with Crippen LogP contribution in [0.1, 0.15) is 25.0 Å². The molecule has 78 valence electrons. The number of hydrogen-bond acceptors (Lipinski definition) is 2. The summed E-state index contributed by atoms with van der Waals surface area (Å²) in [6.45, 7) is 10.6. The molecule has 0 radical (unpaired) electrons. The van der Waals surface area contributed by atoms with Crippen LogP contribution >= 0.6 is 0 Å². The normalized spacial score (nSPS) is 10.6. The maximum absolute atomic E-state index is 3.42. The summed E-state index contributed by atoms with van der Waals surface area (Å²) in [6.07, 6.45) is 0. The molecule has 0 bridgehead atoms. The molecule has 0 aliphatic rings. The topological polar surface area (TPSA) is 15.3 Å². The van der Waals surface area contributed by atoms with E-state index in [1.165, 1.54) is 16.8 Å². The quantitative estimate of drug-likeness (QED) is 0.738. The Morgan fingerprint density at radius 2 is 1.79 bits per heavy atom. The largest absolute Gasteiger partial charge is 0.319 e. The Labute approximate surface area is 86.9 Å². The Morgan fingerprint density at radius 3 is 2.36 bits per heavy atom. The molecule has 0 saturated heterocycles. The van der Waals surface area contributed by atoms with Crippen molar-refractivity contribution in [1.29, 1.82) is 0 Å². The van der Waals surface area contributed by atoms with Gasteiger partial charge in [0.05, 0.1) is 5.69 Å². The molecule has 0 aliphatic heterocycles. The molecular formula is C12H20N2. The van der Waals surface area contributed by atoms with Crippen LogP contribution in [0, 0.1) is 13.8 Å². The van der Waals surface area contributed by atoms with Crippen LogP contribution in [0.15, 0.2) is 18.2 Å². The zero-order valence-electron chi connectivity index (χ0n) is 9.59. The van der Waals surface area contributed by atoms with Crippen molar-refractivity contribution >= 4 is 5.69 Å². The average Bonchev–Trinajstić information content (AvgIpc) is 2.20. The maximum atomic E-state index is 3.42. The highest BCUT2D eigenvalue weighted by Gasteiger charge is 2.02. The van der Waals surface area contributed by atoms with Gasteiger partial charge in [0.15, 0.2) is 0 Å². The van der Waals surface area contributed by atoms with Crippen molar-refractivity contribution in [3.8, 4) is 0 Å². The summed E-state index contributed by atoms with van der Waals surface area (Å²) < 4.78 is 0. The molecule has 1 aromatic rings. The van der Waals surface area contributed by atoms with Crippen LogP contribution in [0.4, 0.5) is 5.69 Å². The first kappa shape index (κ1) is 11.1.